The van der Waals surface area contributed by atoms with Crippen LogP contribution in [0.2, 0.25) is 0 Å². The van der Waals surface area contributed by atoms with E-state index in [4.69, 9.17) is 9.26 Å². The number of benzene rings is 2. The minimum Gasteiger partial charge on any atom is -0.494 e. The number of nitrogens with zero attached hydrogens (tertiary/aromatic N) is 3. The summed E-state index contributed by atoms with van der Waals surface area (Å²) in [5.41, 5.74) is 3.01. The van der Waals surface area contributed by atoms with Crippen molar-refractivity contribution in [1.82, 2.24) is 20.4 Å². The van der Waals surface area contributed by atoms with Crippen LogP contribution in [0.1, 0.15) is 51.1 Å². The summed E-state index contributed by atoms with van der Waals surface area (Å²) in [6, 6.07) is 12.9. The van der Waals surface area contributed by atoms with Crippen LogP contribution in [0.25, 0.3) is 17.0 Å². The number of carbonyl (C=O) groups is 1. The number of urea groups is 1. The molecule has 0 radical (unpaired) electrons. The lowest BCUT2D eigenvalue weighted by Crippen LogP contribution is -2.46. The molecule has 0 fully saturated rings. The lowest BCUT2D eigenvalue weighted by molar-refractivity contribution is 0.204. The van der Waals surface area contributed by atoms with Gasteiger partial charge in [-0.2, -0.15) is 4.98 Å². The Labute approximate surface area is 192 Å². The van der Waals surface area contributed by atoms with E-state index in [1.807, 2.05) is 38.1 Å². The van der Waals surface area contributed by atoms with Gasteiger partial charge in [-0.05, 0) is 62.2 Å². The number of aromatic nitrogens is 2. The second-order valence-corrected chi connectivity index (χ2v) is 7.82. The maximum atomic E-state index is 13.3. The van der Waals surface area contributed by atoms with Crippen molar-refractivity contribution in [2.24, 2.45) is 0 Å². The zero-order valence-electron chi connectivity index (χ0n) is 19.0. The molecule has 2 heterocycles. The van der Waals surface area contributed by atoms with Crippen LogP contribution in [0, 0.1) is 5.82 Å². The highest BCUT2D eigenvalue weighted by atomic mass is 19.1. The molecule has 2 aromatic carbocycles. The third-order valence-corrected chi connectivity index (χ3v) is 5.61. The fourth-order valence-corrected chi connectivity index (χ4v) is 3.87. The Kier molecular flexibility index (Phi) is 6.72. The van der Waals surface area contributed by atoms with E-state index >= 15 is 0 Å². The highest BCUT2D eigenvalue weighted by Crippen LogP contribution is 2.37. The van der Waals surface area contributed by atoms with Crippen molar-refractivity contribution in [1.29, 1.82) is 0 Å². The number of halogens is 1. The Morgan fingerprint density at radius 3 is 2.52 bits per heavy atom. The molecule has 1 atom stereocenters. The number of nitrogens with one attached hydrogen (secondary N) is 1. The van der Waals surface area contributed by atoms with Crippen LogP contribution in [0.3, 0.4) is 0 Å². The molecular weight excluding hydrogens is 423 g/mol. The molecule has 1 N–H and O–H groups in total. The SMILES string of the molecule is CCCCN1C(=O)NC(c2ccc(OCC)cc2)C(c2nc(-c3ccc(F)cc3)no2)=C1C. The summed E-state index contributed by atoms with van der Waals surface area (Å²) in [7, 11) is 0. The number of allylic oxidation sites excluding steroid dienone is 1. The smallest absolute Gasteiger partial charge is 0.322 e. The highest BCUT2D eigenvalue weighted by Gasteiger charge is 2.35. The third kappa shape index (κ3) is 4.74. The maximum absolute atomic E-state index is 13.3. The van der Waals surface area contributed by atoms with Gasteiger partial charge in [0.15, 0.2) is 0 Å². The van der Waals surface area contributed by atoms with Crippen molar-refractivity contribution < 1.29 is 18.4 Å². The molecule has 0 saturated heterocycles. The van der Waals surface area contributed by atoms with Crippen molar-refractivity contribution >= 4 is 11.6 Å². The van der Waals surface area contributed by atoms with E-state index in [1.54, 1.807) is 17.0 Å². The first-order valence-electron chi connectivity index (χ1n) is 11.1. The normalized spacial score (nSPS) is 16.2. The maximum Gasteiger partial charge on any atom is 0.322 e. The molecule has 8 heteroatoms. The Morgan fingerprint density at radius 1 is 1.12 bits per heavy atom. The minimum atomic E-state index is -0.465. The molecule has 0 bridgehead atoms. The molecule has 172 valence electrons. The summed E-state index contributed by atoms with van der Waals surface area (Å²) >= 11 is 0. The van der Waals surface area contributed by atoms with Gasteiger partial charge in [-0.3, -0.25) is 4.90 Å². The largest absolute Gasteiger partial charge is 0.494 e. The summed E-state index contributed by atoms with van der Waals surface area (Å²) < 4.78 is 24.5. The molecule has 0 saturated carbocycles. The summed E-state index contributed by atoms with van der Waals surface area (Å²) in [6.07, 6.45) is 1.83. The molecule has 3 aromatic rings. The average molecular weight is 451 g/mol. The molecule has 4 rings (SSSR count). The van der Waals surface area contributed by atoms with E-state index in [2.05, 4.69) is 22.4 Å². The quantitative estimate of drug-likeness (QED) is 0.485. The molecule has 1 unspecified atom stereocenters. The van der Waals surface area contributed by atoms with Gasteiger partial charge < -0.3 is 14.6 Å². The lowest BCUT2D eigenvalue weighted by Gasteiger charge is -2.35. The Morgan fingerprint density at radius 2 is 1.85 bits per heavy atom. The molecule has 1 aliphatic rings. The van der Waals surface area contributed by atoms with Gasteiger partial charge in [-0.15, -0.1) is 0 Å². The predicted octanol–water partition coefficient (Wildman–Crippen LogP) is 5.57. The predicted molar refractivity (Wildman–Crippen MR) is 123 cm³/mol. The molecule has 33 heavy (non-hydrogen) atoms. The van der Waals surface area contributed by atoms with Crippen molar-refractivity contribution in [2.45, 2.75) is 39.7 Å². The Balaban J connectivity index is 1.75. The summed E-state index contributed by atoms with van der Waals surface area (Å²) in [4.78, 5) is 19.3. The lowest BCUT2D eigenvalue weighted by atomic mass is 9.94. The number of carbonyl (C=O) groups excluding carboxylic acids is 1. The van der Waals surface area contributed by atoms with Gasteiger partial charge in [0.05, 0.1) is 18.2 Å². The summed E-state index contributed by atoms with van der Waals surface area (Å²) in [5.74, 6) is 1.09. The van der Waals surface area contributed by atoms with E-state index in [0.717, 1.165) is 35.4 Å². The van der Waals surface area contributed by atoms with Crippen LogP contribution in [-0.2, 0) is 0 Å². The van der Waals surface area contributed by atoms with Crippen LogP contribution < -0.4 is 10.1 Å². The first-order valence-corrected chi connectivity index (χ1v) is 11.1. The number of unbranched alkanes of at least 4 members (excludes halogenated alkanes) is 1. The fraction of sp³-hybridized carbons (Fsp3) is 0.320. The van der Waals surface area contributed by atoms with Crippen molar-refractivity contribution in [2.75, 3.05) is 13.2 Å². The van der Waals surface area contributed by atoms with Crippen molar-refractivity contribution in [3.63, 3.8) is 0 Å². The monoisotopic (exact) mass is 450 g/mol. The number of ether oxygens (including phenoxy) is 1. The molecule has 0 aliphatic carbocycles. The van der Waals surface area contributed by atoms with Crippen molar-refractivity contribution in [3.05, 3.63) is 71.5 Å². The van der Waals surface area contributed by atoms with E-state index in [1.165, 1.54) is 12.1 Å². The number of hydrogen-bond acceptors (Lipinski definition) is 5. The van der Waals surface area contributed by atoms with Gasteiger partial charge in [0.1, 0.15) is 11.6 Å². The Hall–Kier alpha value is -3.68. The van der Waals surface area contributed by atoms with E-state index < -0.39 is 6.04 Å². The van der Waals surface area contributed by atoms with E-state index in [-0.39, 0.29) is 11.8 Å². The van der Waals surface area contributed by atoms with Gasteiger partial charge in [0.2, 0.25) is 5.82 Å². The van der Waals surface area contributed by atoms with Gasteiger partial charge in [-0.25, -0.2) is 9.18 Å². The van der Waals surface area contributed by atoms with Crippen LogP contribution >= 0.6 is 0 Å². The van der Waals surface area contributed by atoms with E-state index in [9.17, 15) is 9.18 Å². The van der Waals surface area contributed by atoms with Gasteiger partial charge in [0.25, 0.3) is 5.89 Å². The average Bonchev–Trinajstić information content (AvgIpc) is 3.29. The molecule has 2 amide bonds. The van der Waals surface area contributed by atoms with Crippen LogP contribution in [0.4, 0.5) is 9.18 Å². The first kappa shape index (κ1) is 22.5. The van der Waals surface area contributed by atoms with Gasteiger partial charge in [0, 0.05) is 17.8 Å². The van der Waals surface area contributed by atoms with Crippen molar-refractivity contribution in [3.8, 4) is 17.1 Å². The molecule has 1 aliphatic heterocycles. The number of hydrogen-bond donors (Lipinski definition) is 1. The zero-order chi connectivity index (χ0) is 23.4. The summed E-state index contributed by atoms with van der Waals surface area (Å²) in [6.45, 7) is 7.07. The topological polar surface area (TPSA) is 80.5 Å². The van der Waals surface area contributed by atoms with E-state index in [0.29, 0.717) is 30.4 Å². The number of rotatable bonds is 8. The zero-order valence-corrected chi connectivity index (χ0v) is 19.0. The van der Waals surface area contributed by atoms with Crippen LogP contribution in [0.15, 0.2) is 58.8 Å². The summed E-state index contributed by atoms with van der Waals surface area (Å²) in [5, 5.41) is 7.19. The molecule has 0 spiro atoms. The minimum absolute atomic E-state index is 0.165. The fourth-order valence-electron chi connectivity index (χ4n) is 3.87. The van der Waals surface area contributed by atoms with Gasteiger partial charge >= 0.3 is 6.03 Å². The third-order valence-electron chi connectivity index (χ3n) is 5.61. The molecule has 1 aromatic heterocycles. The first-order chi connectivity index (χ1) is 16.0. The highest BCUT2D eigenvalue weighted by molar-refractivity contribution is 5.86. The standard InChI is InChI=1S/C25H27FN4O3/c1-4-6-15-30-16(3)21(24-28-23(29-33-24)18-7-11-19(26)12-8-18)22(27-25(30)31)17-9-13-20(14-10-17)32-5-2/h7-14,22H,4-6,15H2,1-3H3,(H,27,31). The Bertz CT molecular complexity index is 1140. The van der Waals surface area contributed by atoms with Gasteiger partial charge in [-0.1, -0.05) is 30.6 Å². The second-order valence-electron chi connectivity index (χ2n) is 7.82. The second kappa shape index (κ2) is 9.85. The van der Waals surface area contributed by atoms with Crippen LogP contribution in [0.5, 0.6) is 5.75 Å². The van der Waals surface area contributed by atoms with Crippen LogP contribution in [-0.4, -0.2) is 34.2 Å². The number of amides is 2. The molecular formula is C25H27FN4O3. The molecule has 7 nitrogen and oxygen atoms in total.